The molecule has 0 spiro atoms. The standard InChI is InChI=1S/C14H28N2/c1-4-5-13-6-8-14(11-15,9-7-13)16-10-12(2)3/h13,16H,2,4-11,15H2,1,3H3. The van der Waals surface area contributed by atoms with Gasteiger partial charge in [-0.25, -0.2) is 0 Å². The van der Waals surface area contributed by atoms with E-state index in [1.54, 1.807) is 0 Å². The van der Waals surface area contributed by atoms with Crippen molar-refractivity contribution in [1.29, 1.82) is 0 Å². The molecular formula is C14H28N2. The van der Waals surface area contributed by atoms with Crippen LogP contribution in [0.15, 0.2) is 12.2 Å². The van der Waals surface area contributed by atoms with Crippen molar-refractivity contribution in [3.8, 4) is 0 Å². The highest BCUT2D eigenvalue weighted by molar-refractivity contribution is 4.99. The highest BCUT2D eigenvalue weighted by Crippen LogP contribution is 2.33. The Kier molecular flexibility index (Phi) is 5.50. The maximum Gasteiger partial charge on any atom is 0.0307 e. The second kappa shape index (κ2) is 6.41. The van der Waals surface area contributed by atoms with Gasteiger partial charge < -0.3 is 11.1 Å². The van der Waals surface area contributed by atoms with Gasteiger partial charge in [0.1, 0.15) is 0 Å². The lowest BCUT2D eigenvalue weighted by molar-refractivity contribution is 0.191. The van der Waals surface area contributed by atoms with Gasteiger partial charge >= 0.3 is 0 Å². The molecule has 0 aromatic heterocycles. The molecule has 0 radical (unpaired) electrons. The van der Waals surface area contributed by atoms with Gasteiger partial charge in [0.15, 0.2) is 0 Å². The molecule has 0 heterocycles. The predicted octanol–water partition coefficient (Wildman–Crippen LogP) is 2.84. The first-order valence-electron chi connectivity index (χ1n) is 6.71. The van der Waals surface area contributed by atoms with Crippen LogP contribution in [0.25, 0.3) is 0 Å². The molecule has 2 heteroatoms. The second-order valence-electron chi connectivity index (χ2n) is 5.53. The number of hydrogen-bond acceptors (Lipinski definition) is 2. The largest absolute Gasteiger partial charge is 0.329 e. The lowest BCUT2D eigenvalue weighted by Crippen LogP contribution is -2.53. The first-order valence-corrected chi connectivity index (χ1v) is 6.71. The van der Waals surface area contributed by atoms with E-state index < -0.39 is 0 Å². The fourth-order valence-electron chi connectivity index (χ4n) is 2.72. The van der Waals surface area contributed by atoms with Gasteiger partial charge in [-0.15, -0.1) is 0 Å². The minimum atomic E-state index is 0.198. The molecule has 0 aliphatic heterocycles. The molecule has 0 bridgehead atoms. The van der Waals surface area contributed by atoms with Gasteiger partial charge in [0.25, 0.3) is 0 Å². The minimum absolute atomic E-state index is 0.198. The van der Waals surface area contributed by atoms with Crippen molar-refractivity contribution in [2.24, 2.45) is 11.7 Å². The molecule has 1 fully saturated rings. The van der Waals surface area contributed by atoms with Crippen molar-refractivity contribution in [1.82, 2.24) is 5.32 Å². The number of rotatable bonds is 6. The Balaban J connectivity index is 2.41. The minimum Gasteiger partial charge on any atom is -0.329 e. The van der Waals surface area contributed by atoms with Crippen molar-refractivity contribution in [2.45, 2.75) is 57.9 Å². The molecule has 1 aliphatic rings. The summed E-state index contributed by atoms with van der Waals surface area (Å²) < 4.78 is 0. The van der Waals surface area contributed by atoms with E-state index in [1.807, 2.05) is 0 Å². The fourth-order valence-corrected chi connectivity index (χ4v) is 2.72. The Bertz CT molecular complexity index is 215. The van der Waals surface area contributed by atoms with Crippen molar-refractivity contribution >= 4 is 0 Å². The SMILES string of the molecule is C=C(C)CNC1(CN)CCC(CCC)CC1. The smallest absolute Gasteiger partial charge is 0.0307 e. The zero-order valence-electron chi connectivity index (χ0n) is 11.0. The van der Waals surface area contributed by atoms with E-state index in [2.05, 4.69) is 25.7 Å². The van der Waals surface area contributed by atoms with E-state index in [4.69, 9.17) is 5.73 Å². The predicted molar refractivity (Wildman–Crippen MR) is 71.5 cm³/mol. The number of nitrogens with two attached hydrogens (primary N) is 1. The molecule has 0 unspecified atom stereocenters. The lowest BCUT2D eigenvalue weighted by Gasteiger charge is -2.40. The number of nitrogens with one attached hydrogen (secondary N) is 1. The summed E-state index contributed by atoms with van der Waals surface area (Å²) in [4.78, 5) is 0. The van der Waals surface area contributed by atoms with Crippen LogP contribution in [-0.4, -0.2) is 18.6 Å². The lowest BCUT2D eigenvalue weighted by atomic mass is 9.75. The second-order valence-corrected chi connectivity index (χ2v) is 5.53. The van der Waals surface area contributed by atoms with Crippen LogP contribution < -0.4 is 11.1 Å². The van der Waals surface area contributed by atoms with Crippen LogP contribution in [0.4, 0.5) is 0 Å². The average Bonchev–Trinajstić information content (AvgIpc) is 2.29. The molecule has 16 heavy (non-hydrogen) atoms. The van der Waals surface area contributed by atoms with Gasteiger partial charge in [-0.1, -0.05) is 31.9 Å². The van der Waals surface area contributed by atoms with E-state index in [0.717, 1.165) is 19.0 Å². The number of hydrogen-bond donors (Lipinski definition) is 2. The summed E-state index contributed by atoms with van der Waals surface area (Å²) >= 11 is 0. The Morgan fingerprint density at radius 2 is 2.06 bits per heavy atom. The molecule has 0 saturated heterocycles. The molecule has 0 atom stereocenters. The van der Waals surface area contributed by atoms with Crippen LogP contribution >= 0.6 is 0 Å². The quantitative estimate of drug-likeness (QED) is 0.681. The summed E-state index contributed by atoms with van der Waals surface area (Å²) in [5, 5.41) is 3.62. The monoisotopic (exact) mass is 224 g/mol. The van der Waals surface area contributed by atoms with E-state index in [1.165, 1.54) is 44.1 Å². The van der Waals surface area contributed by atoms with Crippen LogP contribution in [0.2, 0.25) is 0 Å². The van der Waals surface area contributed by atoms with Gasteiger partial charge in [-0.2, -0.15) is 0 Å². The molecule has 3 N–H and O–H groups in total. The van der Waals surface area contributed by atoms with Crippen molar-refractivity contribution < 1.29 is 0 Å². The highest BCUT2D eigenvalue weighted by atomic mass is 15.0. The third kappa shape index (κ3) is 3.91. The van der Waals surface area contributed by atoms with Gasteiger partial charge in [-0.05, 0) is 38.5 Å². The third-order valence-corrected chi connectivity index (χ3v) is 3.92. The Labute approximate surface area is 101 Å². The Morgan fingerprint density at radius 3 is 2.50 bits per heavy atom. The van der Waals surface area contributed by atoms with Crippen molar-refractivity contribution in [2.75, 3.05) is 13.1 Å². The first-order chi connectivity index (χ1) is 7.62. The molecule has 0 aromatic carbocycles. The summed E-state index contributed by atoms with van der Waals surface area (Å²) in [6.45, 7) is 9.97. The molecule has 1 rings (SSSR count). The summed E-state index contributed by atoms with van der Waals surface area (Å²) in [5.74, 6) is 0.941. The maximum atomic E-state index is 5.95. The fraction of sp³-hybridized carbons (Fsp3) is 0.857. The zero-order valence-corrected chi connectivity index (χ0v) is 11.0. The maximum absolute atomic E-state index is 5.95. The van der Waals surface area contributed by atoms with Crippen LogP contribution in [0.5, 0.6) is 0 Å². The topological polar surface area (TPSA) is 38.0 Å². The van der Waals surface area contributed by atoms with E-state index in [9.17, 15) is 0 Å². The normalized spacial score (nSPS) is 30.3. The average molecular weight is 224 g/mol. The molecule has 94 valence electrons. The van der Waals surface area contributed by atoms with Gasteiger partial charge in [0.2, 0.25) is 0 Å². The molecule has 1 aliphatic carbocycles. The molecule has 1 saturated carbocycles. The molecule has 0 amide bonds. The van der Waals surface area contributed by atoms with Crippen molar-refractivity contribution in [3.05, 3.63) is 12.2 Å². The third-order valence-electron chi connectivity index (χ3n) is 3.92. The van der Waals surface area contributed by atoms with Crippen LogP contribution in [0.3, 0.4) is 0 Å². The van der Waals surface area contributed by atoms with Gasteiger partial charge in [-0.3, -0.25) is 0 Å². The summed E-state index contributed by atoms with van der Waals surface area (Å²) in [6.07, 6.45) is 7.87. The van der Waals surface area contributed by atoms with Crippen LogP contribution in [-0.2, 0) is 0 Å². The zero-order chi connectivity index (χ0) is 12.0. The van der Waals surface area contributed by atoms with Gasteiger partial charge in [0, 0.05) is 18.6 Å². The molecular weight excluding hydrogens is 196 g/mol. The summed E-state index contributed by atoms with van der Waals surface area (Å²) in [5.41, 5.74) is 7.35. The molecule has 2 nitrogen and oxygen atoms in total. The van der Waals surface area contributed by atoms with E-state index in [-0.39, 0.29) is 5.54 Å². The van der Waals surface area contributed by atoms with Crippen molar-refractivity contribution in [3.63, 3.8) is 0 Å². The summed E-state index contributed by atoms with van der Waals surface area (Å²) in [6, 6.07) is 0. The first kappa shape index (κ1) is 13.7. The highest BCUT2D eigenvalue weighted by Gasteiger charge is 2.33. The van der Waals surface area contributed by atoms with E-state index >= 15 is 0 Å². The van der Waals surface area contributed by atoms with Crippen LogP contribution in [0, 0.1) is 5.92 Å². The summed E-state index contributed by atoms with van der Waals surface area (Å²) in [7, 11) is 0. The molecule has 0 aromatic rings. The Morgan fingerprint density at radius 1 is 1.44 bits per heavy atom. The van der Waals surface area contributed by atoms with Crippen LogP contribution in [0.1, 0.15) is 52.4 Å². The van der Waals surface area contributed by atoms with E-state index in [0.29, 0.717) is 0 Å². The van der Waals surface area contributed by atoms with Gasteiger partial charge in [0.05, 0.1) is 0 Å². The Hall–Kier alpha value is -0.340.